The highest BCUT2D eigenvalue weighted by Crippen LogP contribution is 2.23. The first-order valence-corrected chi connectivity index (χ1v) is 9.82. The molecule has 1 fully saturated rings. The highest BCUT2D eigenvalue weighted by Gasteiger charge is 2.28. The minimum atomic E-state index is -0.738. The highest BCUT2D eigenvalue weighted by atomic mass is 16.4. The predicted molar refractivity (Wildman–Crippen MR) is 103 cm³/mol. The summed E-state index contributed by atoms with van der Waals surface area (Å²) in [6.45, 7) is 5.81. The molecule has 1 heterocycles. The number of carbonyl (C=O) groups excluding carboxylic acids is 1. The monoisotopic (exact) mass is 360 g/mol. The third-order valence-corrected chi connectivity index (χ3v) is 5.34. The summed E-state index contributed by atoms with van der Waals surface area (Å²) in [6.07, 6.45) is 4.92. The number of nitrogens with zero attached hydrogens (tertiary/aromatic N) is 1. The van der Waals surface area contributed by atoms with E-state index in [1.807, 2.05) is 25.1 Å². The first kappa shape index (κ1) is 20.4. The van der Waals surface area contributed by atoms with Gasteiger partial charge < -0.3 is 10.4 Å². The number of amides is 1. The minimum Gasteiger partial charge on any atom is -0.481 e. The van der Waals surface area contributed by atoms with E-state index in [-0.39, 0.29) is 24.4 Å². The summed E-state index contributed by atoms with van der Waals surface area (Å²) in [4.78, 5) is 25.8. The number of benzene rings is 1. The number of piperidine rings is 1. The quantitative estimate of drug-likeness (QED) is 0.706. The van der Waals surface area contributed by atoms with Crippen molar-refractivity contribution in [1.82, 2.24) is 10.2 Å². The number of carboxylic acid groups (broad SMARTS) is 1. The molecule has 1 aliphatic heterocycles. The average molecular weight is 360 g/mol. The van der Waals surface area contributed by atoms with Gasteiger partial charge in [0.15, 0.2) is 0 Å². The molecule has 1 aromatic carbocycles. The molecule has 2 rings (SSSR count). The van der Waals surface area contributed by atoms with Crippen molar-refractivity contribution in [3.63, 3.8) is 0 Å². The molecule has 0 aromatic heterocycles. The van der Waals surface area contributed by atoms with Gasteiger partial charge in [0.05, 0.1) is 12.1 Å². The first-order chi connectivity index (χ1) is 12.5. The molecule has 5 heteroatoms. The Labute approximate surface area is 156 Å². The second-order valence-corrected chi connectivity index (χ2v) is 7.37. The number of hydrogen-bond donors (Lipinski definition) is 2. The van der Waals surface area contributed by atoms with Crippen molar-refractivity contribution in [2.75, 3.05) is 13.1 Å². The molecule has 3 atom stereocenters. The van der Waals surface area contributed by atoms with E-state index in [0.29, 0.717) is 12.3 Å². The highest BCUT2D eigenvalue weighted by molar-refractivity contribution is 5.81. The molecule has 0 bridgehead atoms. The third kappa shape index (κ3) is 6.13. The van der Waals surface area contributed by atoms with Crippen LogP contribution in [-0.2, 0) is 9.59 Å². The molecule has 1 saturated heterocycles. The van der Waals surface area contributed by atoms with Crippen LogP contribution in [0.1, 0.15) is 64.0 Å². The van der Waals surface area contributed by atoms with Gasteiger partial charge in [-0.2, -0.15) is 0 Å². The van der Waals surface area contributed by atoms with Gasteiger partial charge in [-0.15, -0.1) is 0 Å². The lowest BCUT2D eigenvalue weighted by Crippen LogP contribution is -2.49. The van der Waals surface area contributed by atoms with Gasteiger partial charge in [-0.25, -0.2) is 0 Å². The van der Waals surface area contributed by atoms with Gasteiger partial charge >= 0.3 is 5.97 Å². The van der Waals surface area contributed by atoms with Crippen molar-refractivity contribution in [3.05, 3.63) is 35.9 Å². The molecule has 0 aliphatic carbocycles. The Morgan fingerprint density at radius 2 is 2.04 bits per heavy atom. The molecule has 144 valence electrons. The van der Waals surface area contributed by atoms with Crippen molar-refractivity contribution < 1.29 is 14.7 Å². The summed E-state index contributed by atoms with van der Waals surface area (Å²) in [5.41, 5.74) is 1.15. The topological polar surface area (TPSA) is 69.6 Å². The van der Waals surface area contributed by atoms with Crippen molar-refractivity contribution in [3.8, 4) is 0 Å². The zero-order valence-electron chi connectivity index (χ0n) is 16.0. The zero-order valence-corrected chi connectivity index (χ0v) is 16.0. The molecular weight excluding hydrogens is 328 g/mol. The summed E-state index contributed by atoms with van der Waals surface area (Å²) in [5, 5.41) is 12.1. The molecule has 0 saturated carbocycles. The normalized spacial score (nSPS) is 20.3. The van der Waals surface area contributed by atoms with Gasteiger partial charge in [-0.3, -0.25) is 14.5 Å². The fraction of sp³-hybridized carbons (Fsp3) is 0.619. The number of aliphatic carboxylic acids is 1. The van der Waals surface area contributed by atoms with Crippen LogP contribution in [0.5, 0.6) is 0 Å². The summed E-state index contributed by atoms with van der Waals surface area (Å²) in [5.74, 6) is -0.306. The Kier molecular flexibility index (Phi) is 8.10. The van der Waals surface area contributed by atoms with Crippen LogP contribution in [0.25, 0.3) is 0 Å². The van der Waals surface area contributed by atoms with E-state index >= 15 is 0 Å². The molecule has 1 aromatic rings. The van der Waals surface area contributed by atoms with E-state index in [2.05, 4.69) is 29.3 Å². The standard InChI is InChI=1S/C21H32N2O3/c1-3-8-19(18-10-5-4-6-11-18)22-21(26)16(2)23-14-7-9-17(15-23)12-13-20(24)25/h4-6,10-11,16-17,19H,3,7-9,12-15H2,1-2H3,(H,22,26)(H,24,25). The molecular formula is C21H32N2O3. The maximum absolute atomic E-state index is 12.8. The number of nitrogens with one attached hydrogen (secondary N) is 1. The van der Waals surface area contributed by atoms with E-state index < -0.39 is 5.97 Å². The van der Waals surface area contributed by atoms with Crippen molar-refractivity contribution in [1.29, 1.82) is 0 Å². The third-order valence-electron chi connectivity index (χ3n) is 5.34. The van der Waals surface area contributed by atoms with Crippen LogP contribution in [-0.4, -0.2) is 41.0 Å². The molecule has 26 heavy (non-hydrogen) atoms. The van der Waals surface area contributed by atoms with Crippen molar-refractivity contribution in [2.24, 2.45) is 5.92 Å². The van der Waals surface area contributed by atoms with Gasteiger partial charge in [0.25, 0.3) is 0 Å². The van der Waals surface area contributed by atoms with Gasteiger partial charge in [-0.1, -0.05) is 43.7 Å². The number of carboxylic acids is 1. The Bertz CT molecular complexity index is 576. The van der Waals surface area contributed by atoms with E-state index in [1.54, 1.807) is 0 Å². The van der Waals surface area contributed by atoms with Crippen LogP contribution in [0, 0.1) is 5.92 Å². The van der Waals surface area contributed by atoms with Crippen LogP contribution in [0.3, 0.4) is 0 Å². The molecule has 5 nitrogen and oxygen atoms in total. The Balaban J connectivity index is 1.93. The molecule has 2 N–H and O–H groups in total. The van der Waals surface area contributed by atoms with E-state index in [1.165, 1.54) is 0 Å². The van der Waals surface area contributed by atoms with Crippen LogP contribution in [0.15, 0.2) is 30.3 Å². The van der Waals surface area contributed by atoms with Gasteiger partial charge in [0, 0.05) is 13.0 Å². The van der Waals surface area contributed by atoms with E-state index in [4.69, 9.17) is 5.11 Å². The van der Waals surface area contributed by atoms with Gasteiger partial charge in [-0.05, 0) is 50.6 Å². The van der Waals surface area contributed by atoms with E-state index in [0.717, 1.165) is 44.3 Å². The van der Waals surface area contributed by atoms with Crippen LogP contribution < -0.4 is 5.32 Å². The average Bonchev–Trinajstić information content (AvgIpc) is 2.66. The number of likely N-dealkylation sites (tertiary alicyclic amines) is 1. The summed E-state index contributed by atoms with van der Waals surface area (Å²) >= 11 is 0. The van der Waals surface area contributed by atoms with Crippen molar-refractivity contribution >= 4 is 11.9 Å². The molecule has 0 spiro atoms. The minimum absolute atomic E-state index is 0.0451. The van der Waals surface area contributed by atoms with E-state index in [9.17, 15) is 9.59 Å². The lowest BCUT2D eigenvalue weighted by atomic mass is 9.92. The van der Waals surface area contributed by atoms with Crippen LogP contribution in [0.2, 0.25) is 0 Å². The summed E-state index contributed by atoms with van der Waals surface area (Å²) in [6, 6.07) is 9.98. The fourth-order valence-corrected chi connectivity index (χ4v) is 3.77. The van der Waals surface area contributed by atoms with Crippen LogP contribution in [0.4, 0.5) is 0 Å². The lowest BCUT2D eigenvalue weighted by molar-refractivity contribution is -0.137. The van der Waals surface area contributed by atoms with Crippen LogP contribution >= 0.6 is 0 Å². The Hall–Kier alpha value is -1.88. The Morgan fingerprint density at radius 3 is 2.69 bits per heavy atom. The zero-order chi connectivity index (χ0) is 18.9. The summed E-state index contributed by atoms with van der Waals surface area (Å²) in [7, 11) is 0. The molecule has 0 radical (unpaired) electrons. The van der Waals surface area contributed by atoms with Gasteiger partial charge in [0.1, 0.15) is 0 Å². The number of hydrogen-bond acceptors (Lipinski definition) is 3. The lowest BCUT2D eigenvalue weighted by Gasteiger charge is -2.36. The maximum Gasteiger partial charge on any atom is 0.303 e. The first-order valence-electron chi connectivity index (χ1n) is 9.82. The smallest absolute Gasteiger partial charge is 0.303 e. The number of rotatable bonds is 9. The maximum atomic E-state index is 12.8. The van der Waals surface area contributed by atoms with Crippen molar-refractivity contribution in [2.45, 2.75) is 64.5 Å². The largest absolute Gasteiger partial charge is 0.481 e. The molecule has 1 amide bonds. The molecule has 3 unspecified atom stereocenters. The SMILES string of the molecule is CCCC(NC(=O)C(C)N1CCCC(CCC(=O)O)C1)c1ccccc1. The second kappa shape index (κ2) is 10.3. The fourth-order valence-electron chi connectivity index (χ4n) is 3.77. The summed E-state index contributed by atoms with van der Waals surface area (Å²) < 4.78 is 0. The predicted octanol–water partition coefficient (Wildman–Crippen LogP) is 3.61. The Morgan fingerprint density at radius 1 is 1.31 bits per heavy atom. The number of carbonyl (C=O) groups is 2. The second-order valence-electron chi connectivity index (χ2n) is 7.37. The van der Waals surface area contributed by atoms with Gasteiger partial charge in [0.2, 0.25) is 5.91 Å². The molecule has 1 aliphatic rings.